The lowest BCUT2D eigenvalue weighted by atomic mass is 10.0. The van der Waals surface area contributed by atoms with Crippen LogP contribution in [0.4, 0.5) is 24.8 Å². The van der Waals surface area contributed by atoms with E-state index in [2.05, 4.69) is 30.8 Å². The second kappa shape index (κ2) is 10.6. The average Bonchev–Trinajstić information content (AvgIpc) is 2.90. The van der Waals surface area contributed by atoms with Gasteiger partial charge in [0.15, 0.2) is 11.6 Å². The maximum absolute atomic E-state index is 13.5. The Hall–Kier alpha value is -4.93. The monoisotopic (exact) mass is 489 g/mol. The van der Waals surface area contributed by atoms with Gasteiger partial charge >= 0.3 is 6.18 Å². The molecule has 36 heavy (non-hydrogen) atoms. The largest absolute Gasteiger partial charge is 0.431 e. The number of rotatable bonds is 7. The van der Waals surface area contributed by atoms with Gasteiger partial charge < -0.3 is 16.0 Å². The van der Waals surface area contributed by atoms with Crippen molar-refractivity contribution in [2.75, 3.05) is 10.6 Å². The van der Waals surface area contributed by atoms with Crippen molar-refractivity contribution in [3.8, 4) is 11.1 Å². The van der Waals surface area contributed by atoms with E-state index in [1.165, 1.54) is 36.7 Å². The zero-order valence-electron chi connectivity index (χ0n) is 18.5. The molecule has 0 saturated heterocycles. The fraction of sp³-hybridized carbons (Fsp3) is 0.0400. The summed E-state index contributed by atoms with van der Waals surface area (Å²) in [6.45, 7) is 0. The van der Waals surface area contributed by atoms with Crippen molar-refractivity contribution in [3.05, 3.63) is 108 Å². The maximum atomic E-state index is 13.5. The van der Waals surface area contributed by atoms with Gasteiger partial charge in [-0.15, -0.1) is 10.2 Å². The van der Waals surface area contributed by atoms with Gasteiger partial charge in [-0.2, -0.15) is 13.2 Å². The molecule has 1 amide bonds. The van der Waals surface area contributed by atoms with E-state index < -0.39 is 17.8 Å². The fourth-order valence-electron chi connectivity index (χ4n) is 3.10. The van der Waals surface area contributed by atoms with Gasteiger partial charge in [-0.25, -0.2) is 0 Å². The van der Waals surface area contributed by atoms with Gasteiger partial charge in [0, 0.05) is 41.5 Å². The molecule has 1 aromatic carbocycles. The Morgan fingerprint density at radius 2 is 1.44 bits per heavy atom. The minimum Gasteiger partial charge on any atom is -0.335 e. The first-order valence-electron chi connectivity index (χ1n) is 10.5. The molecule has 8 nitrogen and oxygen atoms in total. The lowest BCUT2D eigenvalue weighted by Crippen LogP contribution is -2.21. The van der Waals surface area contributed by atoms with Crippen molar-refractivity contribution in [1.29, 1.82) is 5.41 Å². The number of aromatic nitrogens is 4. The lowest BCUT2D eigenvalue weighted by Gasteiger charge is -2.14. The predicted octanol–water partition coefficient (Wildman–Crippen LogP) is 5.11. The van der Waals surface area contributed by atoms with Gasteiger partial charge in [-0.1, -0.05) is 18.2 Å². The SMILES string of the molecule is N=C(/C=C(\Nc1ccc(NC(=O)c2cccc(-c3cccnc3)c2)nn1)C(F)(F)F)c1cccnc1. The molecule has 0 spiro atoms. The van der Waals surface area contributed by atoms with Crippen LogP contribution in [0.3, 0.4) is 0 Å². The molecular weight excluding hydrogens is 471 g/mol. The number of allylic oxidation sites excluding steroid dienone is 2. The minimum atomic E-state index is -4.78. The smallest absolute Gasteiger partial charge is 0.335 e. The molecule has 0 unspecified atom stereocenters. The Labute approximate surface area is 203 Å². The standard InChI is InChI=1S/C25H18F3N7O/c26-25(27,28)21(13-20(29)19-7-3-11-31-15-19)32-22-8-9-23(35-34-22)33-24(36)17-5-1-4-16(12-17)18-6-2-10-30-14-18/h1-15,29H,(H,32,34)(H,33,35,36)/b21-13-,29-20?. The first-order chi connectivity index (χ1) is 17.3. The topological polar surface area (TPSA) is 117 Å². The van der Waals surface area contributed by atoms with Crippen LogP contribution >= 0.6 is 0 Å². The van der Waals surface area contributed by atoms with E-state index in [9.17, 15) is 18.0 Å². The molecule has 0 atom stereocenters. The zero-order valence-corrected chi connectivity index (χ0v) is 18.5. The number of anilines is 2. The number of carbonyl (C=O) groups excluding carboxylic acids is 1. The Balaban J connectivity index is 1.46. The van der Waals surface area contributed by atoms with Crippen molar-refractivity contribution < 1.29 is 18.0 Å². The van der Waals surface area contributed by atoms with E-state index in [-0.39, 0.29) is 22.9 Å². The molecule has 3 N–H and O–H groups in total. The highest BCUT2D eigenvalue weighted by atomic mass is 19.4. The molecule has 0 bridgehead atoms. The van der Waals surface area contributed by atoms with Crippen molar-refractivity contribution >= 4 is 23.3 Å². The van der Waals surface area contributed by atoms with E-state index in [1.54, 1.807) is 36.7 Å². The van der Waals surface area contributed by atoms with Crippen molar-refractivity contribution in [3.63, 3.8) is 0 Å². The fourth-order valence-corrected chi connectivity index (χ4v) is 3.10. The molecule has 0 fully saturated rings. The third-order valence-electron chi connectivity index (χ3n) is 4.86. The highest BCUT2D eigenvalue weighted by molar-refractivity contribution is 6.07. The summed E-state index contributed by atoms with van der Waals surface area (Å²) in [5.74, 6) is -0.622. The molecule has 0 aliphatic rings. The molecule has 3 heterocycles. The zero-order chi connectivity index (χ0) is 25.5. The summed E-state index contributed by atoms with van der Waals surface area (Å²) in [4.78, 5) is 20.5. The first kappa shape index (κ1) is 24.2. The summed E-state index contributed by atoms with van der Waals surface area (Å²) in [5, 5.41) is 20.1. The Morgan fingerprint density at radius 1 is 0.806 bits per heavy atom. The summed E-state index contributed by atoms with van der Waals surface area (Å²) in [5.41, 5.74) is 0.634. The van der Waals surface area contributed by atoms with E-state index in [4.69, 9.17) is 5.41 Å². The molecular formula is C25H18F3N7O. The second-order valence-corrected chi connectivity index (χ2v) is 7.42. The number of nitrogens with zero attached hydrogens (tertiary/aromatic N) is 4. The number of carbonyl (C=O) groups is 1. The molecule has 4 aromatic rings. The van der Waals surface area contributed by atoms with Crippen LogP contribution in [0.2, 0.25) is 0 Å². The first-order valence-corrected chi connectivity index (χ1v) is 10.5. The highest BCUT2D eigenvalue weighted by Crippen LogP contribution is 2.27. The lowest BCUT2D eigenvalue weighted by molar-refractivity contribution is -0.0901. The third kappa shape index (κ3) is 6.14. The van der Waals surface area contributed by atoms with Gasteiger partial charge in [0.2, 0.25) is 0 Å². The van der Waals surface area contributed by atoms with E-state index >= 15 is 0 Å². The maximum Gasteiger partial charge on any atom is 0.431 e. The predicted molar refractivity (Wildman–Crippen MR) is 128 cm³/mol. The number of alkyl halides is 3. The Kier molecular flexibility index (Phi) is 7.10. The number of halogens is 3. The average molecular weight is 489 g/mol. The van der Waals surface area contributed by atoms with Crippen LogP contribution in [0, 0.1) is 5.41 Å². The van der Waals surface area contributed by atoms with E-state index in [0.29, 0.717) is 11.6 Å². The number of nitrogens with one attached hydrogen (secondary N) is 3. The van der Waals surface area contributed by atoms with Crippen LogP contribution in [0.1, 0.15) is 15.9 Å². The van der Waals surface area contributed by atoms with Crippen molar-refractivity contribution in [1.82, 2.24) is 20.2 Å². The van der Waals surface area contributed by atoms with Crippen molar-refractivity contribution in [2.45, 2.75) is 6.18 Å². The van der Waals surface area contributed by atoms with Gasteiger partial charge in [0.25, 0.3) is 5.91 Å². The minimum absolute atomic E-state index is 0.0537. The van der Waals surface area contributed by atoms with Crippen LogP contribution in [0.15, 0.2) is 97.2 Å². The molecule has 0 aliphatic carbocycles. The number of hydrogen-bond donors (Lipinski definition) is 3. The molecule has 0 radical (unpaired) electrons. The molecule has 4 rings (SSSR count). The van der Waals surface area contributed by atoms with Crippen LogP contribution in [-0.4, -0.2) is 38.0 Å². The summed E-state index contributed by atoms with van der Waals surface area (Å²) < 4.78 is 40.6. The van der Waals surface area contributed by atoms with E-state index in [1.807, 2.05) is 12.1 Å². The van der Waals surface area contributed by atoms with Gasteiger partial charge in [0.05, 0.1) is 5.71 Å². The Bertz CT molecular complexity index is 1390. The number of pyridine rings is 2. The molecule has 11 heteroatoms. The molecule has 0 saturated carbocycles. The third-order valence-corrected chi connectivity index (χ3v) is 4.86. The second-order valence-electron chi connectivity index (χ2n) is 7.42. The number of hydrogen-bond acceptors (Lipinski definition) is 7. The Morgan fingerprint density at radius 3 is 2.06 bits per heavy atom. The highest BCUT2D eigenvalue weighted by Gasteiger charge is 2.34. The summed E-state index contributed by atoms with van der Waals surface area (Å²) in [6.07, 6.45) is 1.94. The molecule has 3 aromatic heterocycles. The van der Waals surface area contributed by atoms with Crippen LogP contribution in [0.25, 0.3) is 11.1 Å². The van der Waals surface area contributed by atoms with E-state index in [0.717, 1.165) is 11.1 Å². The van der Waals surface area contributed by atoms with Gasteiger partial charge in [0.1, 0.15) is 5.70 Å². The van der Waals surface area contributed by atoms with Gasteiger partial charge in [-0.3, -0.25) is 14.8 Å². The quantitative estimate of drug-likeness (QED) is 0.311. The molecule has 0 aliphatic heterocycles. The van der Waals surface area contributed by atoms with Gasteiger partial charge in [-0.05, 0) is 54.1 Å². The number of amides is 1. The summed E-state index contributed by atoms with van der Waals surface area (Å²) >= 11 is 0. The summed E-state index contributed by atoms with van der Waals surface area (Å²) in [7, 11) is 0. The normalized spacial score (nSPS) is 11.6. The van der Waals surface area contributed by atoms with Crippen LogP contribution < -0.4 is 10.6 Å². The van der Waals surface area contributed by atoms with Crippen LogP contribution in [0.5, 0.6) is 0 Å². The molecule has 180 valence electrons. The van der Waals surface area contributed by atoms with Crippen LogP contribution in [-0.2, 0) is 0 Å². The number of benzene rings is 1. The summed E-state index contributed by atoms with van der Waals surface area (Å²) in [6, 6.07) is 16.1. The van der Waals surface area contributed by atoms with Crippen molar-refractivity contribution in [2.24, 2.45) is 0 Å².